The van der Waals surface area contributed by atoms with E-state index < -0.39 is 0 Å². The highest BCUT2D eigenvalue weighted by molar-refractivity contribution is 7.18. The number of fused-ring (bicyclic) bond motifs is 3. The van der Waals surface area contributed by atoms with E-state index in [1.165, 1.54) is 16.9 Å². The summed E-state index contributed by atoms with van der Waals surface area (Å²) in [5.41, 5.74) is 1.22. The molecule has 0 bridgehead atoms. The Labute approximate surface area is 156 Å². The van der Waals surface area contributed by atoms with Crippen LogP contribution in [0.3, 0.4) is 0 Å². The summed E-state index contributed by atoms with van der Waals surface area (Å²) in [7, 11) is 1.72. The van der Waals surface area contributed by atoms with Crippen molar-refractivity contribution >= 4 is 27.5 Å². The second-order valence-electron chi connectivity index (χ2n) is 7.20. The van der Waals surface area contributed by atoms with E-state index in [0.29, 0.717) is 13.0 Å². The van der Waals surface area contributed by atoms with Gasteiger partial charge in [-0.05, 0) is 44.1 Å². The first-order chi connectivity index (χ1) is 12.7. The number of methoxy groups -OCH3 is 1. The fourth-order valence-electron chi connectivity index (χ4n) is 4.06. The monoisotopic (exact) mass is 375 g/mol. The summed E-state index contributed by atoms with van der Waals surface area (Å²) in [6.45, 7) is 1.87. The van der Waals surface area contributed by atoms with Crippen LogP contribution in [0.25, 0.3) is 10.2 Å². The van der Waals surface area contributed by atoms with Gasteiger partial charge in [0.05, 0.1) is 17.8 Å². The maximum atomic E-state index is 12.9. The number of piperidine rings is 1. The zero-order chi connectivity index (χ0) is 18.1. The molecular formula is C19H25N3O3S. The number of hydrogen-bond acceptors (Lipinski definition) is 5. The summed E-state index contributed by atoms with van der Waals surface area (Å²) in [5.74, 6) is 0.110. The minimum atomic E-state index is 0.0142. The maximum Gasteiger partial charge on any atom is 0.262 e. The molecule has 1 aliphatic heterocycles. The van der Waals surface area contributed by atoms with E-state index in [2.05, 4.69) is 4.98 Å². The van der Waals surface area contributed by atoms with Crippen molar-refractivity contribution in [2.24, 2.45) is 0 Å². The topological polar surface area (TPSA) is 64.4 Å². The average molecular weight is 375 g/mol. The SMILES string of the molecule is COC1CCN(C(=O)CCn2cnc3sc4c(c3c2=O)CCCC4)CC1. The zero-order valence-corrected chi connectivity index (χ0v) is 16.0. The van der Waals surface area contributed by atoms with Crippen LogP contribution in [0.2, 0.25) is 0 Å². The van der Waals surface area contributed by atoms with Crippen LogP contribution < -0.4 is 5.56 Å². The van der Waals surface area contributed by atoms with Crippen molar-refractivity contribution in [3.63, 3.8) is 0 Å². The lowest BCUT2D eigenvalue weighted by Crippen LogP contribution is -2.41. The highest BCUT2D eigenvalue weighted by atomic mass is 32.1. The number of likely N-dealkylation sites (tertiary alicyclic amines) is 1. The molecule has 26 heavy (non-hydrogen) atoms. The molecule has 0 aromatic carbocycles. The van der Waals surface area contributed by atoms with Gasteiger partial charge in [-0.1, -0.05) is 0 Å². The van der Waals surface area contributed by atoms with E-state index in [1.54, 1.807) is 29.3 Å². The van der Waals surface area contributed by atoms with Gasteiger partial charge in [0.1, 0.15) is 4.83 Å². The summed E-state index contributed by atoms with van der Waals surface area (Å²) >= 11 is 1.66. The number of hydrogen-bond donors (Lipinski definition) is 0. The van der Waals surface area contributed by atoms with Gasteiger partial charge in [0.25, 0.3) is 5.56 Å². The van der Waals surface area contributed by atoms with Crippen molar-refractivity contribution in [3.05, 3.63) is 27.1 Å². The summed E-state index contributed by atoms with van der Waals surface area (Å²) in [5, 5.41) is 0.792. The highest BCUT2D eigenvalue weighted by Crippen LogP contribution is 2.33. The number of amides is 1. The maximum absolute atomic E-state index is 12.9. The summed E-state index contributed by atoms with van der Waals surface area (Å²) in [4.78, 5) is 34.0. The van der Waals surface area contributed by atoms with Gasteiger partial charge in [-0.2, -0.15) is 0 Å². The molecule has 1 aliphatic carbocycles. The quantitative estimate of drug-likeness (QED) is 0.823. The molecule has 1 amide bonds. The minimum absolute atomic E-state index is 0.0142. The molecule has 1 fully saturated rings. The Morgan fingerprint density at radius 2 is 2.08 bits per heavy atom. The molecular weight excluding hydrogens is 350 g/mol. The normalized spacial score (nSPS) is 18.3. The van der Waals surface area contributed by atoms with Crippen molar-refractivity contribution in [3.8, 4) is 0 Å². The lowest BCUT2D eigenvalue weighted by atomic mass is 9.97. The molecule has 0 unspecified atom stereocenters. The van der Waals surface area contributed by atoms with Crippen molar-refractivity contribution in [1.82, 2.24) is 14.5 Å². The van der Waals surface area contributed by atoms with Crippen LogP contribution in [0.15, 0.2) is 11.1 Å². The van der Waals surface area contributed by atoms with Gasteiger partial charge >= 0.3 is 0 Å². The van der Waals surface area contributed by atoms with Crippen LogP contribution in [-0.2, 0) is 28.9 Å². The van der Waals surface area contributed by atoms with Crippen molar-refractivity contribution < 1.29 is 9.53 Å². The highest BCUT2D eigenvalue weighted by Gasteiger charge is 2.23. The lowest BCUT2D eigenvalue weighted by Gasteiger charge is -2.31. The number of carbonyl (C=O) groups is 1. The van der Waals surface area contributed by atoms with E-state index in [9.17, 15) is 9.59 Å². The number of nitrogens with zero attached hydrogens (tertiary/aromatic N) is 3. The fraction of sp³-hybridized carbons (Fsp3) is 0.632. The Morgan fingerprint density at radius 1 is 1.31 bits per heavy atom. The number of aromatic nitrogens is 2. The smallest absolute Gasteiger partial charge is 0.262 e. The third kappa shape index (κ3) is 3.30. The van der Waals surface area contributed by atoms with Crippen molar-refractivity contribution in [2.45, 2.75) is 57.6 Å². The number of carbonyl (C=O) groups excluding carboxylic acids is 1. The van der Waals surface area contributed by atoms with Gasteiger partial charge < -0.3 is 9.64 Å². The predicted molar refractivity (Wildman–Crippen MR) is 102 cm³/mol. The van der Waals surface area contributed by atoms with E-state index in [-0.39, 0.29) is 17.6 Å². The van der Waals surface area contributed by atoms with Crippen molar-refractivity contribution in [2.75, 3.05) is 20.2 Å². The van der Waals surface area contributed by atoms with Crippen LogP contribution in [0.4, 0.5) is 0 Å². The average Bonchev–Trinajstić information content (AvgIpc) is 3.06. The molecule has 2 aromatic rings. The molecule has 140 valence electrons. The molecule has 2 aromatic heterocycles. The van der Waals surface area contributed by atoms with Gasteiger partial charge in [0.15, 0.2) is 0 Å². The first-order valence-electron chi connectivity index (χ1n) is 9.47. The van der Waals surface area contributed by atoms with E-state index in [4.69, 9.17) is 4.74 Å². The number of rotatable bonds is 4. The van der Waals surface area contributed by atoms with Gasteiger partial charge in [-0.3, -0.25) is 14.2 Å². The number of aryl methyl sites for hydroxylation is 3. The van der Waals surface area contributed by atoms with E-state index >= 15 is 0 Å². The third-order valence-corrected chi connectivity index (χ3v) is 6.84. The molecule has 1 saturated heterocycles. The Bertz CT molecular complexity index is 865. The van der Waals surface area contributed by atoms with Crippen LogP contribution in [0, 0.1) is 0 Å². The second-order valence-corrected chi connectivity index (χ2v) is 8.28. The lowest BCUT2D eigenvalue weighted by molar-refractivity contribution is -0.133. The zero-order valence-electron chi connectivity index (χ0n) is 15.2. The number of ether oxygens (including phenoxy) is 1. The Balaban J connectivity index is 1.47. The molecule has 7 heteroatoms. The second kappa shape index (κ2) is 7.48. The van der Waals surface area contributed by atoms with Gasteiger partial charge in [-0.15, -0.1) is 11.3 Å². The summed E-state index contributed by atoms with van der Waals surface area (Å²) in [6, 6.07) is 0. The standard InChI is InChI=1S/C19H25N3O3S/c1-25-13-6-9-21(10-7-13)16(23)8-11-22-12-20-18-17(19(22)24)14-4-2-3-5-15(14)26-18/h12-13H,2-11H2,1H3. The van der Waals surface area contributed by atoms with Gasteiger partial charge in [-0.25, -0.2) is 4.98 Å². The van der Waals surface area contributed by atoms with Crippen LogP contribution in [0.1, 0.15) is 42.5 Å². The molecule has 0 radical (unpaired) electrons. The number of thiophene rings is 1. The molecule has 0 atom stereocenters. The molecule has 2 aliphatic rings. The largest absolute Gasteiger partial charge is 0.381 e. The molecule has 0 spiro atoms. The summed E-state index contributed by atoms with van der Waals surface area (Å²) < 4.78 is 6.97. The van der Waals surface area contributed by atoms with Gasteiger partial charge in [0, 0.05) is 38.0 Å². The van der Waals surface area contributed by atoms with Crippen LogP contribution >= 0.6 is 11.3 Å². The molecule has 0 N–H and O–H groups in total. The molecule has 4 rings (SSSR count). The van der Waals surface area contributed by atoms with E-state index in [1.807, 2.05) is 4.90 Å². The first kappa shape index (κ1) is 17.7. The Hall–Kier alpha value is -1.73. The minimum Gasteiger partial charge on any atom is -0.381 e. The Kier molecular flexibility index (Phi) is 5.09. The van der Waals surface area contributed by atoms with E-state index in [0.717, 1.165) is 55.4 Å². The molecule has 6 nitrogen and oxygen atoms in total. The predicted octanol–water partition coefficient (Wildman–Crippen LogP) is 2.36. The van der Waals surface area contributed by atoms with Gasteiger partial charge in [0.2, 0.25) is 5.91 Å². The van der Waals surface area contributed by atoms with Crippen molar-refractivity contribution in [1.29, 1.82) is 0 Å². The summed E-state index contributed by atoms with van der Waals surface area (Å²) in [6.07, 6.45) is 8.36. The Morgan fingerprint density at radius 3 is 2.85 bits per heavy atom. The van der Waals surface area contributed by atoms with Crippen LogP contribution in [0.5, 0.6) is 0 Å². The van der Waals surface area contributed by atoms with Crippen LogP contribution in [-0.4, -0.2) is 46.7 Å². The first-order valence-corrected chi connectivity index (χ1v) is 10.3. The molecule has 3 heterocycles. The fourth-order valence-corrected chi connectivity index (χ4v) is 5.28. The molecule has 0 saturated carbocycles. The third-order valence-electron chi connectivity index (χ3n) is 5.64.